The first kappa shape index (κ1) is 10.6. The van der Waals surface area contributed by atoms with Crippen molar-refractivity contribution in [2.24, 2.45) is 0 Å². The van der Waals surface area contributed by atoms with Crippen LogP contribution in [-0.2, 0) is 4.79 Å². The molecule has 1 aromatic rings. The van der Waals surface area contributed by atoms with Gasteiger partial charge in [-0.25, -0.2) is 0 Å². The molecular formula is C9H14N2O3. The molecule has 5 nitrogen and oxygen atoms in total. The minimum Gasteiger partial charge on any atom is -0.481 e. The van der Waals surface area contributed by atoms with E-state index < -0.39 is 12.1 Å². The Hall–Kier alpha value is -1.49. The lowest BCUT2D eigenvalue weighted by molar-refractivity contribution is -0.139. The summed E-state index contributed by atoms with van der Waals surface area (Å²) in [6.07, 6.45) is 0.696. The van der Waals surface area contributed by atoms with E-state index in [4.69, 9.17) is 5.11 Å². The number of aliphatic hydroxyl groups is 1. The summed E-state index contributed by atoms with van der Waals surface area (Å²) in [5.74, 6) is -0.133. The third-order valence-corrected chi connectivity index (χ3v) is 1.89. The van der Waals surface area contributed by atoms with Crippen LogP contribution in [0.5, 0.6) is 0 Å². The van der Waals surface area contributed by atoms with Gasteiger partial charge in [-0.15, -0.1) is 0 Å². The number of nitrogens with one attached hydrogen (secondary N) is 1. The third kappa shape index (κ3) is 3.10. The molecule has 1 aromatic heterocycles. The van der Waals surface area contributed by atoms with Crippen LogP contribution in [0, 0.1) is 0 Å². The van der Waals surface area contributed by atoms with E-state index in [0.717, 1.165) is 5.82 Å². The van der Waals surface area contributed by atoms with Crippen molar-refractivity contribution in [2.75, 3.05) is 18.5 Å². The second-order valence-corrected chi connectivity index (χ2v) is 3.19. The number of aliphatic carboxylic acids is 1. The van der Waals surface area contributed by atoms with Gasteiger partial charge in [0.1, 0.15) is 5.82 Å². The van der Waals surface area contributed by atoms with Gasteiger partial charge >= 0.3 is 5.97 Å². The molecule has 3 N–H and O–H groups in total. The molecule has 78 valence electrons. The number of aromatic nitrogens is 1. The number of aliphatic hydroxyl groups excluding tert-OH is 1. The first-order valence-electron chi connectivity index (χ1n) is 4.34. The Bertz CT molecular complexity index is 284. The third-order valence-electron chi connectivity index (χ3n) is 1.89. The molecule has 0 saturated heterocycles. The first-order valence-corrected chi connectivity index (χ1v) is 4.34. The zero-order chi connectivity index (χ0) is 10.6. The number of H-pyrrole nitrogens is 1. The highest BCUT2D eigenvalue weighted by Crippen LogP contribution is 2.08. The molecule has 1 heterocycles. The zero-order valence-electron chi connectivity index (χ0n) is 7.97. The van der Waals surface area contributed by atoms with Crippen LogP contribution >= 0.6 is 0 Å². The number of aromatic amines is 1. The Morgan fingerprint density at radius 3 is 2.93 bits per heavy atom. The van der Waals surface area contributed by atoms with E-state index in [1.807, 2.05) is 12.1 Å². The topological polar surface area (TPSA) is 76.6 Å². The molecule has 14 heavy (non-hydrogen) atoms. The van der Waals surface area contributed by atoms with Crippen LogP contribution in [-0.4, -0.2) is 40.9 Å². The van der Waals surface area contributed by atoms with Crippen LogP contribution in [0.4, 0.5) is 5.82 Å². The highest BCUT2D eigenvalue weighted by atomic mass is 16.4. The summed E-state index contributed by atoms with van der Waals surface area (Å²) >= 11 is 0. The van der Waals surface area contributed by atoms with Gasteiger partial charge in [0.05, 0.1) is 12.5 Å². The van der Waals surface area contributed by atoms with Gasteiger partial charge in [-0.1, -0.05) is 0 Å². The van der Waals surface area contributed by atoms with Crippen molar-refractivity contribution in [3.05, 3.63) is 18.3 Å². The van der Waals surface area contributed by atoms with Gasteiger partial charge in [-0.3, -0.25) is 4.79 Å². The normalized spacial score (nSPS) is 12.4. The Kier molecular flexibility index (Phi) is 3.53. The van der Waals surface area contributed by atoms with Gasteiger partial charge in [0.25, 0.3) is 0 Å². The lowest BCUT2D eigenvalue weighted by Gasteiger charge is -2.20. The highest BCUT2D eigenvalue weighted by molar-refractivity contribution is 5.67. The fourth-order valence-electron chi connectivity index (χ4n) is 1.24. The molecule has 0 bridgehead atoms. The van der Waals surface area contributed by atoms with E-state index in [1.54, 1.807) is 18.1 Å². The largest absolute Gasteiger partial charge is 0.481 e. The number of carbonyl (C=O) groups is 1. The highest BCUT2D eigenvalue weighted by Gasteiger charge is 2.12. The van der Waals surface area contributed by atoms with Crippen LogP contribution in [0.15, 0.2) is 18.3 Å². The maximum Gasteiger partial charge on any atom is 0.306 e. The van der Waals surface area contributed by atoms with Gasteiger partial charge < -0.3 is 20.1 Å². The monoisotopic (exact) mass is 198 g/mol. The van der Waals surface area contributed by atoms with Crippen LogP contribution in [0.2, 0.25) is 0 Å². The van der Waals surface area contributed by atoms with Crippen molar-refractivity contribution in [1.29, 1.82) is 0 Å². The summed E-state index contributed by atoms with van der Waals surface area (Å²) in [5.41, 5.74) is 0. The van der Waals surface area contributed by atoms with Gasteiger partial charge in [0, 0.05) is 19.8 Å². The summed E-state index contributed by atoms with van der Waals surface area (Å²) in [7, 11) is 1.79. The lowest BCUT2D eigenvalue weighted by atomic mass is 10.2. The van der Waals surface area contributed by atoms with Crippen molar-refractivity contribution >= 4 is 11.8 Å². The minimum absolute atomic E-state index is 0.231. The number of likely N-dealkylation sites (N-methyl/N-ethyl adjacent to an activating group) is 1. The quantitative estimate of drug-likeness (QED) is 0.635. The van der Waals surface area contributed by atoms with Crippen molar-refractivity contribution in [3.8, 4) is 0 Å². The van der Waals surface area contributed by atoms with E-state index in [0.29, 0.717) is 6.54 Å². The fourth-order valence-corrected chi connectivity index (χ4v) is 1.24. The minimum atomic E-state index is -0.989. The molecule has 5 heteroatoms. The Morgan fingerprint density at radius 1 is 1.71 bits per heavy atom. The standard InChI is InChI=1S/C9H14N2O3/c1-11(8-3-2-4-10-8)6-7(12)5-9(13)14/h2-4,7,10,12H,5-6H2,1H3,(H,13,14). The number of carboxylic acids is 1. The van der Waals surface area contributed by atoms with E-state index in [-0.39, 0.29) is 6.42 Å². The number of hydrogen-bond donors (Lipinski definition) is 3. The predicted octanol–water partition coefficient (Wildman–Crippen LogP) is 0.286. The second kappa shape index (κ2) is 4.66. The van der Waals surface area contributed by atoms with Gasteiger partial charge in [-0.2, -0.15) is 0 Å². The molecule has 0 aromatic carbocycles. The maximum absolute atomic E-state index is 10.3. The molecule has 0 spiro atoms. The Morgan fingerprint density at radius 2 is 2.43 bits per heavy atom. The summed E-state index contributed by atoms with van der Waals surface area (Å²) in [5, 5.41) is 17.8. The second-order valence-electron chi connectivity index (χ2n) is 3.19. The molecule has 0 radical (unpaired) electrons. The van der Waals surface area contributed by atoms with Crippen molar-refractivity contribution < 1.29 is 15.0 Å². The molecule has 0 fully saturated rings. The number of rotatable bonds is 5. The van der Waals surface area contributed by atoms with Crippen molar-refractivity contribution in [3.63, 3.8) is 0 Å². The van der Waals surface area contributed by atoms with Crippen molar-refractivity contribution in [1.82, 2.24) is 4.98 Å². The molecule has 0 aliphatic carbocycles. The average molecular weight is 198 g/mol. The van der Waals surface area contributed by atoms with E-state index in [1.165, 1.54) is 0 Å². The van der Waals surface area contributed by atoms with Crippen LogP contribution in [0.3, 0.4) is 0 Å². The SMILES string of the molecule is CN(CC(O)CC(=O)O)c1ccc[nH]1. The molecular weight excluding hydrogens is 184 g/mol. The molecule has 0 aliphatic heterocycles. The summed E-state index contributed by atoms with van der Waals surface area (Å²) in [6.45, 7) is 0.298. The van der Waals surface area contributed by atoms with Gasteiger partial charge in [-0.05, 0) is 12.1 Å². The van der Waals surface area contributed by atoms with E-state index in [2.05, 4.69) is 4.98 Å². The average Bonchev–Trinajstić information content (AvgIpc) is 2.53. The molecule has 1 atom stereocenters. The predicted molar refractivity (Wildman–Crippen MR) is 52.3 cm³/mol. The van der Waals surface area contributed by atoms with Gasteiger partial charge in [0.15, 0.2) is 0 Å². The Labute approximate surface area is 82.0 Å². The van der Waals surface area contributed by atoms with Crippen LogP contribution < -0.4 is 4.90 Å². The fraction of sp³-hybridized carbons (Fsp3) is 0.444. The van der Waals surface area contributed by atoms with E-state index in [9.17, 15) is 9.90 Å². The molecule has 0 saturated carbocycles. The van der Waals surface area contributed by atoms with Gasteiger partial charge in [0.2, 0.25) is 0 Å². The van der Waals surface area contributed by atoms with E-state index >= 15 is 0 Å². The first-order chi connectivity index (χ1) is 6.59. The summed E-state index contributed by atoms with van der Waals surface area (Å²) < 4.78 is 0. The maximum atomic E-state index is 10.3. The number of hydrogen-bond acceptors (Lipinski definition) is 3. The summed E-state index contributed by atoms with van der Waals surface area (Å²) in [6, 6.07) is 3.70. The van der Waals surface area contributed by atoms with Crippen LogP contribution in [0.25, 0.3) is 0 Å². The number of carboxylic acid groups (broad SMARTS) is 1. The molecule has 0 amide bonds. The van der Waals surface area contributed by atoms with Crippen LogP contribution in [0.1, 0.15) is 6.42 Å². The molecule has 1 rings (SSSR count). The number of anilines is 1. The molecule has 1 unspecified atom stereocenters. The van der Waals surface area contributed by atoms with Crippen molar-refractivity contribution in [2.45, 2.75) is 12.5 Å². The number of nitrogens with zero attached hydrogens (tertiary/aromatic N) is 1. The lowest BCUT2D eigenvalue weighted by Crippen LogP contribution is -2.30. The summed E-state index contributed by atoms with van der Waals surface area (Å²) in [4.78, 5) is 15.0. The smallest absolute Gasteiger partial charge is 0.306 e. The zero-order valence-corrected chi connectivity index (χ0v) is 7.97. The Balaban J connectivity index is 2.41. The molecule has 0 aliphatic rings.